The predicted octanol–water partition coefficient (Wildman–Crippen LogP) is 4.29. The molecule has 9 heteroatoms. The molecule has 0 bridgehead atoms. The van der Waals surface area contributed by atoms with Gasteiger partial charge in [0.2, 0.25) is 11.7 Å². The lowest BCUT2D eigenvalue weighted by Crippen LogP contribution is -2.42. The Morgan fingerprint density at radius 2 is 1.47 bits per heavy atom. The Bertz CT molecular complexity index is 1040. The molecule has 2 aromatic carbocycles. The van der Waals surface area contributed by atoms with Crippen LogP contribution < -0.4 is 19.1 Å². The highest BCUT2D eigenvalue weighted by molar-refractivity contribution is 6.07. The van der Waals surface area contributed by atoms with Gasteiger partial charge in [-0.3, -0.25) is 14.5 Å². The fourth-order valence-corrected chi connectivity index (χ4v) is 3.95. The van der Waals surface area contributed by atoms with E-state index in [1.807, 2.05) is 20.8 Å². The van der Waals surface area contributed by atoms with Gasteiger partial charge in [0.05, 0.1) is 32.0 Å². The molecule has 9 nitrogen and oxygen atoms in total. The fourth-order valence-electron chi connectivity index (χ4n) is 3.95. The fraction of sp³-hybridized carbons (Fsp3) is 0.444. The van der Waals surface area contributed by atoms with Crippen molar-refractivity contribution in [1.82, 2.24) is 4.90 Å². The second-order valence-corrected chi connectivity index (χ2v) is 8.00. The van der Waals surface area contributed by atoms with Gasteiger partial charge in [0.1, 0.15) is 6.67 Å². The maximum Gasteiger partial charge on any atom is 0.338 e. The van der Waals surface area contributed by atoms with Gasteiger partial charge in [-0.25, -0.2) is 4.79 Å². The van der Waals surface area contributed by atoms with E-state index in [0.29, 0.717) is 66.8 Å². The summed E-state index contributed by atoms with van der Waals surface area (Å²) in [5.41, 5.74) is 1.24. The van der Waals surface area contributed by atoms with Crippen molar-refractivity contribution in [3.63, 3.8) is 0 Å². The number of amides is 2. The maximum absolute atomic E-state index is 13.9. The molecule has 0 N–H and O–H groups in total. The van der Waals surface area contributed by atoms with Crippen LogP contribution in [0.1, 0.15) is 61.3 Å². The van der Waals surface area contributed by atoms with Gasteiger partial charge >= 0.3 is 5.97 Å². The zero-order valence-electron chi connectivity index (χ0n) is 21.4. The van der Waals surface area contributed by atoms with Crippen molar-refractivity contribution in [3.05, 3.63) is 47.5 Å². The molecular weight excluding hydrogens is 464 g/mol. The highest BCUT2D eigenvalue weighted by atomic mass is 16.5. The van der Waals surface area contributed by atoms with Crippen LogP contribution in [-0.4, -0.2) is 62.3 Å². The van der Waals surface area contributed by atoms with E-state index >= 15 is 0 Å². The number of anilines is 1. The number of benzene rings is 2. The van der Waals surface area contributed by atoms with Gasteiger partial charge in [-0.15, -0.1) is 0 Å². The van der Waals surface area contributed by atoms with Crippen molar-refractivity contribution in [2.45, 2.75) is 40.5 Å². The number of hydrogen-bond acceptors (Lipinski definition) is 7. The van der Waals surface area contributed by atoms with E-state index in [4.69, 9.17) is 18.9 Å². The van der Waals surface area contributed by atoms with E-state index in [9.17, 15) is 14.4 Å². The van der Waals surface area contributed by atoms with Crippen molar-refractivity contribution < 1.29 is 33.3 Å². The van der Waals surface area contributed by atoms with Crippen LogP contribution in [0.4, 0.5) is 5.69 Å². The zero-order valence-corrected chi connectivity index (χ0v) is 21.4. The van der Waals surface area contributed by atoms with Gasteiger partial charge < -0.3 is 23.8 Å². The molecular formula is C27H34N2O7. The van der Waals surface area contributed by atoms with Crippen LogP contribution >= 0.6 is 0 Å². The summed E-state index contributed by atoms with van der Waals surface area (Å²) in [7, 11) is 0. The Morgan fingerprint density at radius 1 is 0.861 bits per heavy atom. The second kappa shape index (κ2) is 12.8. The molecule has 1 saturated heterocycles. The minimum absolute atomic E-state index is 0.00681. The second-order valence-electron chi connectivity index (χ2n) is 8.00. The minimum Gasteiger partial charge on any atom is -0.490 e. The third-order valence-electron chi connectivity index (χ3n) is 5.57. The smallest absolute Gasteiger partial charge is 0.338 e. The maximum atomic E-state index is 13.9. The molecule has 36 heavy (non-hydrogen) atoms. The summed E-state index contributed by atoms with van der Waals surface area (Å²) < 4.78 is 22.4. The van der Waals surface area contributed by atoms with E-state index in [1.165, 1.54) is 4.90 Å². The number of likely N-dealkylation sites (tertiary alicyclic amines) is 1. The van der Waals surface area contributed by atoms with E-state index in [2.05, 4.69) is 0 Å². The lowest BCUT2D eigenvalue weighted by molar-refractivity contribution is -0.127. The molecule has 2 amide bonds. The highest BCUT2D eigenvalue weighted by Crippen LogP contribution is 2.39. The molecule has 2 aromatic rings. The molecule has 0 saturated carbocycles. The van der Waals surface area contributed by atoms with Crippen molar-refractivity contribution >= 4 is 23.5 Å². The van der Waals surface area contributed by atoms with Crippen LogP contribution in [0.25, 0.3) is 0 Å². The van der Waals surface area contributed by atoms with Gasteiger partial charge in [0, 0.05) is 24.2 Å². The number of rotatable bonds is 12. The molecule has 0 spiro atoms. The zero-order chi connectivity index (χ0) is 26.1. The van der Waals surface area contributed by atoms with Crippen LogP contribution in [0.5, 0.6) is 17.2 Å². The SMILES string of the molecule is CCOC(=O)c1ccc(N(CN2CCCC2=O)C(=O)c2cc(OCC)c(OCC)c(OCC)c2)cc1. The van der Waals surface area contributed by atoms with Crippen molar-refractivity contribution in [2.24, 2.45) is 0 Å². The van der Waals surface area contributed by atoms with Crippen molar-refractivity contribution in [3.8, 4) is 17.2 Å². The van der Waals surface area contributed by atoms with Crippen LogP contribution in [0.15, 0.2) is 36.4 Å². The first-order chi connectivity index (χ1) is 17.4. The van der Waals surface area contributed by atoms with E-state index in [-0.39, 0.29) is 25.1 Å². The number of nitrogens with zero attached hydrogens (tertiary/aromatic N) is 2. The highest BCUT2D eigenvalue weighted by Gasteiger charge is 2.28. The number of carbonyl (C=O) groups excluding carboxylic acids is 3. The summed E-state index contributed by atoms with van der Waals surface area (Å²) in [5, 5.41) is 0. The Morgan fingerprint density at radius 3 is 1.97 bits per heavy atom. The molecule has 1 heterocycles. The number of esters is 1. The quantitative estimate of drug-likeness (QED) is 0.403. The van der Waals surface area contributed by atoms with Gasteiger partial charge in [0.25, 0.3) is 5.91 Å². The Kier molecular flexibility index (Phi) is 9.55. The van der Waals surface area contributed by atoms with Gasteiger partial charge in [-0.05, 0) is 70.5 Å². The van der Waals surface area contributed by atoms with Crippen LogP contribution in [0.2, 0.25) is 0 Å². The molecule has 0 unspecified atom stereocenters. The molecule has 1 fully saturated rings. The predicted molar refractivity (Wildman–Crippen MR) is 135 cm³/mol. The van der Waals surface area contributed by atoms with Crippen LogP contribution in [0, 0.1) is 0 Å². The lowest BCUT2D eigenvalue weighted by Gasteiger charge is -2.29. The first-order valence-electron chi connectivity index (χ1n) is 12.4. The molecule has 0 aliphatic carbocycles. The summed E-state index contributed by atoms with van der Waals surface area (Å²) in [4.78, 5) is 41.5. The Hall–Kier alpha value is -3.75. The molecule has 0 radical (unpaired) electrons. The molecule has 1 aliphatic heterocycles. The molecule has 194 valence electrons. The largest absolute Gasteiger partial charge is 0.490 e. The van der Waals surface area contributed by atoms with Gasteiger partial charge in [-0.2, -0.15) is 0 Å². The number of carbonyl (C=O) groups is 3. The first kappa shape index (κ1) is 26.8. The summed E-state index contributed by atoms with van der Waals surface area (Å²) in [6.45, 7) is 9.38. The van der Waals surface area contributed by atoms with Gasteiger partial charge in [0.15, 0.2) is 11.5 Å². The topological polar surface area (TPSA) is 94.6 Å². The average Bonchev–Trinajstić information content (AvgIpc) is 3.28. The van der Waals surface area contributed by atoms with Crippen LogP contribution in [0.3, 0.4) is 0 Å². The molecule has 0 atom stereocenters. The van der Waals surface area contributed by atoms with E-state index in [0.717, 1.165) is 6.42 Å². The third kappa shape index (κ3) is 6.27. The normalized spacial score (nSPS) is 12.9. The Labute approximate surface area is 211 Å². The summed E-state index contributed by atoms with van der Waals surface area (Å²) in [5.74, 6) is 0.465. The van der Waals surface area contributed by atoms with Gasteiger partial charge in [-0.1, -0.05) is 0 Å². The van der Waals surface area contributed by atoms with E-state index < -0.39 is 5.97 Å². The standard InChI is InChI=1S/C27H34N2O7/c1-5-33-22-16-20(17-23(34-6-2)25(22)35-7-3)26(31)29(18-28-15-9-10-24(28)30)21-13-11-19(12-14-21)27(32)36-8-4/h11-14,16-17H,5-10,15,18H2,1-4H3. The summed E-state index contributed by atoms with van der Waals surface area (Å²) >= 11 is 0. The number of ether oxygens (including phenoxy) is 4. The monoisotopic (exact) mass is 498 g/mol. The average molecular weight is 499 g/mol. The van der Waals surface area contributed by atoms with Crippen molar-refractivity contribution in [2.75, 3.05) is 44.5 Å². The molecule has 1 aliphatic rings. The van der Waals surface area contributed by atoms with Crippen LogP contribution in [-0.2, 0) is 9.53 Å². The lowest BCUT2D eigenvalue weighted by atomic mass is 10.1. The minimum atomic E-state index is -0.439. The third-order valence-corrected chi connectivity index (χ3v) is 5.57. The Balaban J connectivity index is 2.03. The van der Waals surface area contributed by atoms with E-state index in [1.54, 1.807) is 48.2 Å². The first-order valence-corrected chi connectivity index (χ1v) is 12.4. The molecule has 0 aromatic heterocycles. The summed E-state index contributed by atoms with van der Waals surface area (Å²) in [6.07, 6.45) is 1.20. The number of hydrogen-bond donors (Lipinski definition) is 0. The molecule has 3 rings (SSSR count). The summed E-state index contributed by atoms with van der Waals surface area (Å²) in [6, 6.07) is 9.82. The van der Waals surface area contributed by atoms with Crippen molar-refractivity contribution in [1.29, 1.82) is 0 Å².